The minimum atomic E-state index is 0.889. The fourth-order valence-electron chi connectivity index (χ4n) is 0.887. The maximum absolute atomic E-state index is 4.02. The van der Waals surface area contributed by atoms with Crippen molar-refractivity contribution in [3.05, 3.63) is 30.9 Å². The molecule has 3 nitrogen and oxygen atoms in total. The van der Waals surface area contributed by atoms with Gasteiger partial charge in [0.1, 0.15) is 12.2 Å². The summed E-state index contributed by atoms with van der Waals surface area (Å²) >= 11 is 0. The zero-order chi connectivity index (χ0) is 8.27. The smallest absolute Gasteiger partial charge is 0.138 e. The molecule has 1 heterocycles. The van der Waals surface area contributed by atoms with Gasteiger partial charge in [-0.3, -0.25) is 0 Å². The number of aryl methyl sites for hydroxylation is 1. The largest absolute Gasteiger partial charge is 0.223 e. The molecular weight excluding hydrogens is 138 g/mol. The number of hydrogen-bond donors (Lipinski definition) is 0. The molecule has 3 heteroatoms. The van der Waals surface area contributed by atoms with Crippen molar-refractivity contribution < 1.29 is 0 Å². The number of allylic oxidation sites excluding steroid dienone is 3. The Morgan fingerprint density at radius 3 is 2.91 bits per heavy atom. The van der Waals surface area contributed by atoms with Gasteiger partial charge in [0.05, 0.1) is 0 Å². The molecule has 0 unspecified atom stereocenters. The van der Waals surface area contributed by atoms with Gasteiger partial charge in [0.25, 0.3) is 0 Å². The van der Waals surface area contributed by atoms with E-state index in [9.17, 15) is 0 Å². The van der Waals surface area contributed by atoms with E-state index in [1.807, 2.05) is 19.9 Å². The summed E-state index contributed by atoms with van der Waals surface area (Å²) in [7, 11) is 0. The molecule has 1 rings (SSSR count). The molecule has 0 aliphatic heterocycles. The molecule has 0 fully saturated rings. The zero-order valence-corrected chi connectivity index (χ0v) is 6.78. The first-order valence-corrected chi connectivity index (χ1v) is 3.42. The van der Waals surface area contributed by atoms with Crippen LogP contribution >= 0.6 is 0 Å². The predicted octanol–water partition coefficient (Wildman–Crippen LogP) is 1.63. The molecule has 0 aromatic carbocycles. The summed E-state index contributed by atoms with van der Waals surface area (Å²) in [6.45, 7) is 7.47. The molecule has 0 atom stereocenters. The van der Waals surface area contributed by atoms with Crippen LogP contribution in [0.1, 0.15) is 12.7 Å². The van der Waals surface area contributed by atoms with Gasteiger partial charge < -0.3 is 0 Å². The summed E-state index contributed by atoms with van der Waals surface area (Å²) in [5.74, 6) is 0.889. The van der Waals surface area contributed by atoms with E-state index >= 15 is 0 Å². The summed E-state index contributed by atoms with van der Waals surface area (Å²) < 4.78 is 1.77. The van der Waals surface area contributed by atoms with Gasteiger partial charge in [0, 0.05) is 5.70 Å². The van der Waals surface area contributed by atoms with Crippen molar-refractivity contribution in [2.45, 2.75) is 13.8 Å². The van der Waals surface area contributed by atoms with E-state index in [2.05, 4.69) is 16.7 Å². The van der Waals surface area contributed by atoms with Crippen LogP contribution in [-0.2, 0) is 0 Å². The van der Waals surface area contributed by atoms with Gasteiger partial charge in [-0.15, -0.1) is 0 Å². The fourth-order valence-corrected chi connectivity index (χ4v) is 0.887. The average Bonchev–Trinajstić information content (AvgIpc) is 2.36. The summed E-state index contributed by atoms with van der Waals surface area (Å²) in [5.41, 5.74) is 1.02. The highest BCUT2D eigenvalue weighted by Gasteiger charge is 1.97. The third kappa shape index (κ3) is 1.55. The monoisotopic (exact) mass is 149 g/mol. The van der Waals surface area contributed by atoms with Crippen LogP contribution in [0.25, 0.3) is 5.70 Å². The molecule has 0 spiro atoms. The lowest BCUT2D eigenvalue weighted by molar-refractivity contribution is 0.855. The van der Waals surface area contributed by atoms with E-state index in [4.69, 9.17) is 0 Å². The van der Waals surface area contributed by atoms with Crippen molar-refractivity contribution >= 4 is 5.70 Å². The van der Waals surface area contributed by atoms with Crippen LogP contribution < -0.4 is 0 Å². The molecular formula is C8H11N3. The van der Waals surface area contributed by atoms with Gasteiger partial charge in [0.2, 0.25) is 0 Å². The van der Waals surface area contributed by atoms with Crippen LogP contribution in [0.5, 0.6) is 0 Å². The van der Waals surface area contributed by atoms with Crippen LogP contribution in [0.3, 0.4) is 0 Å². The second kappa shape index (κ2) is 3.14. The first kappa shape index (κ1) is 7.72. The second-order valence-corrected chi connectivity index (χ2v) is 2.26. The first-order valence-electron chi connectivity index (χ1n) is 3.42. The van der Waals surface area contributed by atoms with Gasteiger partial charge in [-0.1, -0.05) is 12.7 Å². The average molecular weight is 149 g/mol. The highest BCUT2D eigenvalue weighted by molar-refractivity contribution is 5.43. The molecule has 1 aromatic heterocycles. The molecule has 0 aliphatic carbocycles. The summed E-state index contributed by atoms with van der Waals surface area (Å²) in [4.78, 5) is 4.00. The fraction of sp³-hybridized carbons (Fsp3) is 0.250. The Hall–Kier alpha value is -1.38. The third-order valence-corrected chi connectivity index (χ3v) is 1.41. The van der Waals surface area contributed by atoms with Crippen LogP contribution in [-0.4, -0.2) is 14.8 Å². The third-order valence-electron chi connectivity index (χ3n) is 1.41. The lowest BCUT2D eigenvalue weighted by Crippen LogP contribution is -1.97. The Labute approximate surface area is 66.1 Å². The van der Waals surface area contributed by atoms with Gasteiger partial charge >= 0.3 is 0 Å². The van der Waals surface area contributed by atoms with Crippen molar-refractivity contribution in [2.24, 2.45) is 0 Å². The zero-order valence-electron chi connectivity index (χ0n) is 6.78. The van der Waals surface area contributed by atoms with Gasteiger partial charge in [-0.2, -0.15) is 5.10 Å². The van der Waals surface area contributed by atoms with E-state index in [1.165, 1.54) is 6.33 Å². The molecule has 1 aromatic rings. The van der Waals surface area contributed by atoms with E-state index < -0.39 is 0 Å². The highest BCUT2D eigenvalue weighted by Crippen LogP contribution is 2.02. The quantitative estimate of drug-likeness (QED) is 0.598. The van der Waals surface area contributed by atoms with Crippen molar-refractivity contribution in [1.29, 1.82) is 0 Å². The summed E-state index contributed by atoms with van der Waals surface area (Å²) in [6.07, 6.45) is 5.16. The Morgan fingerprint density at radius 1 is 1.73 bits per heavy atom. The Balaban J connectivity index is 3.01. The normalized spacial score (nSPS) is 11.6. The maximum Gasteiger partial charge on any atom is 0.138 e. The van der Waals surface area contributed by atoms with Gasteiger partial charge in [0.15, 0.2) is 0 Å². The molecule has 0 radical (unpaired) electrons. The van der Waals surface area contributed by atoms with E-state index in [0.717, 1.165) is 11.5 Å². The van der Waals surface area contributed by atoms with E-state index in [-0.39, 0.29) is 0 Å². The number of aromatic nitrogens is 3. The summed E-state index contributed by atoms with van der Waals surface area (Å²) in [5, 5.41) is 4.02. The molecule has 0 saturated carbocycles. The Morgan fingerprint density at radius 2 is 2.45 bits per heavy atom. The van der Waals surface area contributed by atoms with Crippen LogP contribution in [0.4, 0.5) is 0 Å². The lowest BCUT2D eigenvalue weighted by atomic mass is 10.4. The van der Waals surface area contributed by atoms with Crippen molar-refractivity contribution in [2.75, 3.05) is 0 Å². The lowest BCUT2D eigenvalue weighted by Gasteiger charge is -1.99. The Bertz CT molecular complexity index is 283. The highest BCUT2D eigenvalue weighted by atomic mass is 15.3. The number of hydrogen-bond acceptors (Lipinski definition) is 2. The van der Waals surface area contributed by atoms with Crippen molar-refractivity contribution in [1.82, 2.24) is 14.8 Å². The molecule has 0 amide bonds. The molecule has 11 heavy (non-hydrogen) atoms. The molecule has 0 bridgehead atoms. The minimum Gasteiger partial charge on any atom is -0.223 e. The van der Waals surface area contributed by atoms with Gasteiger partial charge in [-0.05, 0) is 19.9 Å². The first-order chi connectivity index (χ1) is 5.25. The van der Waals surface area contributed by atoms with Gasteiger partial charge in [-0.25, -0.2) is 9.67 Å². The topological polar surface area (TPSA) is 30.7 Å². The maximum atomic E-state index is 4.02. The van der Waals surface area contributed by atoms with Crippen LogP contribution in [0.15, 0.2) is 25.1 Å². The molecule has 0 aliphatic rings. The Kier molecular flexibility index (Phi) is 2.21. The van der Waals surface area contributed by atoms with E-state index in [1.54, 1.807) is 10.8 Å². The summed E-state index contributed by atoms with van der Waals surface area (Å²) in [6, 6.07) is 0. The van der Waals surface area contributed by atoms with Crippen LogP contribution in [0.2, 0.25) is 0 Å². The van der Waals surface area contributed by atoms with E-state index in [0.29, 0.717) is 0 Å². The number of nitrogens with zero attached hydrogens (tertiary/aromatic N) is 3. The van der Waals surface area contributed by atoms with Crippen LogP contribution in [0, 0.1) is 6.92 Å². The molecule has 0 N–H and O–H groups in total. The predicted molar refractivity (Wildman–Crippen MR) is 44.9 cm³/mol. The SMILES string of the molecule is C=C/C=C(/C)n1ncnc1C. The standard InChI is InChI=1S/C8H11N3/c1-4-5-7(2)11-8(3)9-6-10-11/h4-6H,1H2,2-3H3/b7-5-. The van der Waals surface area contributed by atoms with Crippen molar-refractivity contribution in [3.63, 3.8) is 0 Å². The molecule has 0 saturated heterocycles. The second-order valence-electron chi connectivity index (χ2n) is 2.26. The molecule has 58 valence electrons. The van der Waals surface area contributed by atoms with Crippen molar-refractivity contribution in [3.8, 4) is 0 Å². The number of rotatable bonds is 2. The minimum absolute atomic E-state index is 0.889.